The molecule has 0 radical (unpaired) electrons. The number of rotatable bonds is 2. The largest absolute Gasteiger partial charge is 0.0776 e. The third-order valence-corrected chi connectivity index (χ3v) is 9.14. The predicted octanol–water partition coefficient (Wildman–Crippen LogP) is 4.91. The van der Waals surface area contributed by atoms with Crippen molar-refractivity contribution >= 4 is 26.5 Å². The van der Waals surface area contributed by atoms with Crippen molar-refractivity contribution in [2.24, 2.45) is 0 Å². The van der Waals surface area contributed by atoms with Crippen molar-refractivity contribution < 1.29 is 0 Å². The highest BCUT2D eigenvalue weighted by atomic mass is 28.3. The van der Waals surface area contributed by atoms with E-state index >= 15 is 0 Å². The van der Waals surface area contributed by atoms with E-state index in [1.165, 1.54) is 11.1 Å². The van der Waals surface area contributed by atoms with Crippen LogP contribution in [0.15, 0.2) is 36.4 Å². The van der Waals surface area contributed by atoms with E-state index in [2.05, 4.69) is 82.6 Å². The Balaban J connectivity index is 2.13. The van der Waals surface area contributed by atoms with E-state index in [9.17, 15) is 0 Å². The topological polar surface area (TPSA) is 0 Å². The molecule has 1 aliphatic rings. The van der Waals surface area contributed by atoms with Crippen molar-refractivity contribution in [2.75, 3.05) is 0 Å². The molecule has 0 saturated heterocycles. The molecule has 116 valence electrons. The Labute approximate surface area is 137 Å². The van der Waals surface area contributed by atoms with E-state index in [1.54, 1.807) is 21.5 Å². The molecule has 0 unspecified atom stereocenters. The van der Waals surface area contributed by atoms with Crippen LogP contribution in [-0.2, 0) is 0 Å². The molecule has 0 bridgehead atoms. The van der Waals surface area contributed by atoms with E-state index in [-0.39, 0.29) is 0 Å². The summed E-state index contributed by atoms with van der Waals surface area (Å²) < 4.78 is 0. The molecule has 2 heteroatoms. The minimum atomic E-state index is -1.24. The van der Waals surface area contributed by atoms with E-state index < -0.39 is 16.1 Å². The monoisotopic (exact) mass is 324 g/mol. The first-order chi connectivity index (χ1) is 10.1. The molecule has 0 nitrogen and oxygen atoms in total. The summed E-state index contributed by atoms with van der Waals surface area (Å²) in [6.07, 6.45) is 0. The Hall–Kier alpha value is -1.13. The zero-order chi connectivity index (χ0) is 16.3. The fourth-order valence-corrected chi connectivity index (χ4v) is 5.78. The smallest absolute Gasteiger partial charge is 0.0656 e. The van der Waals surface area contributed by atoms with Gasteiger partial charge in [-0.3, -0.25) is 0 Å². The first kappa shape index (κ1) is 15.8. The van der Waals surface area contributed by atoms with Gasteiger partial charge in [0, 0.05) is 5.92 Å². The highest BCUT2D eigenvalue weighted by molar-refractivity contribution is 6.89. The van der Waals surface area contributed by atoms with Crippen LogP contribution in [0.2, 0.25) is 39.3 Å². The molecule has 0 amide bonds. The van der Waals surface area contributed by atoms with Gasteiger partial charge in [0.1, 0.15) is 0 Å². The van der Waals surface area contributed by atoms with Gasteiger partial charge in [0.25, 0.3) is 0 Å². The van der Waals surface area contributed by atoms with Crippen LogP contribution in [0.5, 0.6) is 0 Å². The molecule has 22 heavy (non-hydrogen) atoms. The Kier molecular flexibility index (Phi) is 3.53. The standard InChI is InChI=1S/C20H28Si2/c1-14-19-12-15(21(2,3)4)8-10-17(19)18-11-9-16(13-20(14)18)22(5,6)7/h8-14H,1-7H3. The SMILES string of the molecule is CC1c2cc([Si](C)(C)C)ccc2-c2ccc([Si](C)(C)C)cc21. The lowest BCUT2D eigenvalue weighted by atomic mass is 9.99. The van der Waals surface area contributed by atoms with E-state index in [0.29, 0.717) is 5.92 Å². The maximum atomic E-state index is 2.50. The maximum Gasteiger partial charge on any atom is 0.0776 e. The normalized spacial score (nSPS) is 14.9. The third-order valence-electron chi connectivity index (χ3n) is 5.06. The summed E-state index contributed by atoms with van der Waals surface area (Å²) in [5, 5.41) is 3.16. The zero-order valence-electron chi connectivity index (χ0n) is 15.0. The molecule has 0 aromatic heterocycles. The van der Waals surface area contributed by atoms with Gasteiger partial charge in [-0.1, -0.05) is 93.0 Å². The molecule has 1 aliphatic carbocycles. The summed E-state index contributed by atoms with van der Waals surface area (Å²) in [4.78, 5) is 0. The van der Waals surface area contributed by atoms with E-state index in [1.807, 2.05) is 0 Å². The van der Waals surface area contributed by atoms with Gasteiger partial charge in [-0.25, -0.2) is 0 Å². The Morgan fingerprint density at radius 3 is 1.32 bits per heavy atom. The van der Waals surface area contributed by atoms with Gasteiger partial charge in [0.15, 0.2) is 0 Å². The van der Waals surface area contributed by atoms with E-state index in [4.69, 9.17) is 0 Å². The highest BCUT2D eigenvalue weighted by Gasteiger charge is 2.29. The average molecular weight is 325 g/mol. The summed E-state index contributed by atoms with van der Waals surface area (Å²) in [7, 11) is -2.49. The first-order valence-electron chi connectivity index (χ1n) is 8.38. The quantitative estimate of drug-likeness (QED) is 0.689. The van der Waals surface area contributed by atoms with Gasteiger partial charge in [-0.15, -0.1) is 0 Å². The molecule has 0 aliphatic heterocycles. The zero-order valence-corrected chi connectivity index (χ0v) is 17.0. The molecule has 2 aromatic carbocycles. The number of fused-ring (bicyclic) bond motifs is 3. The molecular formula is C20H28Si2. The summed E-state index contributed by atoms with van der Waals surface area (Å²) in [5.41, 5.74) is 6.02. The second-order valence-electron chi connectivity index (χ2n) is 8.83. The Morgan fingerprint density at radius 1 is 0.636 bits per heavy atom. The van der Waals surface area contributed by atoms with Crippen molar-refractivity contribution in [1.82, 2.24) is 0 Å². The molecular weight excluding hydrogens is 296 g/mol. The lowest BCUT2D eigenvalue weighted by Crippen LogP contribution is -2.37. The summed E-state index contributed by atoms with van der Waals surface area (Å²) in [6, 6.07) is 14.5. The second-order valence-corrected chi connectivity index (χ2v) is 19.0. The van der Waals surface area contributed by atoms with Gasteiger partial charge in [-0.05, 0) is 22.3 Å². The van der Waals surface area contributed by atoms with Gasteiger partial charge in [0.05, 0.1) is 16.1 Å². The van der Waals surface area contributed by atoms with Gasteiger partial charge < -0.3 is 0 Å². The van der Waals surface area contributed by atoms with Crippen LogP contribution in [0, 0.1) is 0 Å². The lowest BCUT2D eigenvalue weighted by Gasteiger charge is -2.19. The molecule has 0 atom stereocenters. The van der Waals surface area contributed by atoms with Crippen LogP contribution in [0.25, 0.3) is 11.1 Å². The van der Waals surface area contributed by atoms with Crippen molar-refractivity contribution in [1.29, 1.82) is 0 Å². The molecule has 0 heterocycles. The van der Waals surface area contributed by atoms with Gasteiger partial charge in [0.2, 0.25) is 0 Å². The van der Waals surface area contributed by atoms with Crippen molar-refractivity contribution in [2.45, 2.75) is 52.1 Å². The summed E-state index contributed by atoms with van der Waals surface area (Å²) in [6.45, 7) is 17.0. The van der Waals surface area contributed by atoms with Crippen LogP contribution in [-0.4, -0.2) is 16.1 Å². The Morgan fingerprint density at radius 2 is 1.00 bits per heavy atom. The molecule has 0 spiro atoms. The van der Waals surface area contributed by atoms with Gasteiger partial charge in [-0.2, -0.15) is 0 Å². The molecule has 3 rings (SSSR count). The molecule has 0 saturated carbocycles. The van der Waals surface area contributed by atoms with Crippen LogP contribution < -0.4 is 10.4 Å². The van der Waals surface area contributed by atoms with Crippen molar-refractivity contribution in [3.05, 3.63) is 47.5 Å². The number of hydrogen-bond donors (Lipinski definition) is 0. The third kappa shape index (κ3) is 2.52. The second kappa shape index (κ2) is 4.94. The maximum absolute atomic E-state index is 2.50. The fraction of sp³-hybridized carbons (Fsp3) is 0.400. The van der Waals surface area contributed by atoms with E-state index in [0.717, 1.165) is 0 Å². The number of hydrogen-bond acceptors (Lipinski definition) is 0. The summed E-state index contributed by atoms with van der Waals surface area (Å²) in [5.74, 6) is 0.539. The van der Waals surface area contributed by atoms with Crippen molar-refractivity contribution in [3.63, 3.8) is 0 Å². The highest BCUT2D eigenvalue weighted by Crippen LogP contribution is 2.43. The van der Waals surface area contributed by atoms with Gasteiger partial charge >= 0.3 is 0 Å². The van der Waals surface area contributed by atoms with Crippen LogP contribution in [0.4, 0.5) is 0 Å². The van der Waals surface area contributed by atoms with Crippen molar-refractivity contribution in [3.8, 4) is 11.1 Å². The minimum Gasteiger partial charge on any atom is -0.0656 e. The molecule has 2 aromatic rings. The fourth-order valence-electron chi connectivity index (χ4n) is 3.43. The average Bonchev–Trinajstić information content (AvgIpc) is 2.70. The summed E-state index contributed by atoms with van der Waals surface area (Å²) >= 11 is 0. The van der Waals surface area contributed by atoms with Crippen LogP contribution in [0.1, 0.15) is 24.0 Å². The first-order valence-corrected chi connectivity index (χ1v) is 15.4. The lowest BCUT2D eigenvalue weighted by molar-refractivity contribution is 0.959. The predicted molar refractivity (Wildman–Crippen MR) is 105 cm³/mol. The van der Waals surface area contributed by atoms with Crippen LogP contribution in [0.3, 0.4) is 0 Å². The van der Waals surface area contributed by atoms with Crippen LogP contribution >= 0.6 is 0 Å². The number of benzene rings is 2. The molecule has 0 fully saturated rings. The minimum absolute atomic E-state index is 0.539. The molecule has 0 N–H and O–H groups in total. The Bertz CT molecular complexity index is 667.